The molecule has 72 valence electrons. The minimum Gasteiger partial charge on any atom is -0.274 e. The van der Waals surface area contributed by atoms with Gasteiger partial charge in [0, 0.05) is 14.0 Å². The Hall–Kier alpha value is -1.15. The van der Waals surface area contributed by atoms with Gasteiger partial charge in [-0.15, -0.1) is 0 Å². The SMILES string of the molecule is CC(=O)N=c1sc(=S(=O)=O)[nH]n1C. The molecule has 1 N–H and O–H groups in total. The smallest absolute Gasteiger partial charge is 0.250 e. The van der Waals surface area contributed by atoms with Crippen molar-refractivity contribution in [3.05, 3.63) is 8.76 Å². The summed E-state index contributed by atoms with van der Waals surface area (Å²) in [5, 5.41) is 2.53. The van der Waals surface area contributed by atoms with Gasteiger partial charge in [0.1, 0.15) is 0 Å². The Morgan fingerprint density at radius 3 is 2.62 bits per heavy atom. The second-order valence-corrected chi connectivity index (χ2v) is 4.32. The van der Waals surface area contributed by atoms with E-state index in [2.05, 4.69) is 10.1 Å². The lowest BCUT2D eigenvalue weighted by Crippen LogP contribution is -2.13. The number of nitrogens with zero attached hydrogens (tertiary/aromatic N) is 2. The normalized spacial score (nSPS) is 11.7. The number of hydrogen-bond donors (Lipinski definition) is 1. The first kappa shape index (κ1) is 9.93. The van der Waals surface area contributed by atoms with Crippen molar-refractivity contribution in [1.82, 2.24) is 9.78 Å². The molecule has 8 heteroatoms. The number of carbonyl (C=O) groups excluding carboxylic acids is 1. The number of amides is 1. The highest BCUT2D eigenvalue weighted by molar-refractivity contribution is 7.66. The fourth-order valence-corrected chi connectivity index (χ4v) is 2.08. The largest absolute Gasteiger partial charge is 0.274 e. The number of hydrogen-bond acceptors (Lipinski definition) is 4. The zero-order valence-corrected chi connectivity index (χ0v) is 8.57. The van der Waals surface area contributed by atoms with Gasteiger partial charge in [0.25, 0.3) is 0 Å². The standard InChI is InChI=1S/C5H7N3O3S2/c1-3(9)6-4-8(2)7-5(12-4)13(10)11/h7H,1-2H3. The molecular weight excluding hydrogens is 214 g/mol. The van der Waals surface area contributed by atoms with Gasteiger partial charge in [-0.1, -0.05) is 11.3 Å². The first-order valence-electron chi connectivity index (χ1n) is 3.24. The topological polar surface area (TPSA) is 84.3 Å². The molecule has 0 saturated carbocycles. The minimum absolute atomic E-state index is 0.0440. The van der Waals surface area contributed by atoms with Crippen LogP contribution >= 0.6 is 11.3 Å². The van der Waals surface area contributed by atoms with E-state index in [1.807, 2.05) is 0 Å². The molecule has 1 heterocycles. The van der Waals surface area contributed by atoms with Gasteiger partial charge in [-0.05, 0) is 0 Å². The van der Waals surface area contributed by atoms with E-state index in [0.29, 0.717) is 4.80 Å². The van der Waals surface area contributed by atoms with Crippen LogP contribution in [0.4, 0.5) is 0 Å². The van der Waals surface area contributed by atoms with Crippen molar-refractivity contribution in [3.8, 4) is 0 Å². The van der Waals surface area contributed by atoms with Crippen molar-refractivity contribution >= 4 is 27.5 Å². The molecule has 0 atom stereocenters. The Morgan fingerprint density at radius 1 is 1.62 bits per heavy atom. The molecule has 1 rings (SSSR count). The van der Waals surface area contributed by atoms with E-state index in [1.165, 1.54) is 11.6 Å². The second-order valence-electron chi connectivity index (χ2n) is 2.21. The summed E-state index contributed by atoms with van der Waals surface area (Å²) in [6.45, 7) is 1.30. The van der Waals surface area contributed by atoms with Crippen LogP contribution in [0.3, 0.4) is 0 Å². The highest BCUT2D eigenvalue weighted by Crippen LogP contribution is 1.86. The molecule has 0 saturated heterocycles. The zero-order valence-electron chi connectivity index (χ0n) is 6.94. The molecule has 6 nitrogen and oxygen atoms in total. The Labute approximate surface area is 78.7 Å². The van der Waals surface area contributed by atoms with Crippen LogP contribution in [-0.4, -0.2) is 24.1 Å². The second kappa shape index (κ2) is 3.71. The fraction of sp³-hybridized carbons (Fsp3) is 0.400. The van der Waals surface area contributed by atoms with E-state index in [4.69, 9.17) is 0 Å². The first-order valence-corrected chi connectivity index (χ1v) is 5.13. The molecule has 0 aromatic carbocycles. The summed E-state index contributed by atoms with van der Waals surface area (Å²) in [5.74, 6) is -0.367. The van der Waals surface area contributed by atoms with Gasteiger partial charge >= 0.3 is 0 Å². The van der Waals surface area contributed by atoms with Crippen LogP contribution in [0.25, 0.3) is 0 Å². The van der Waals surface area contributed by atoms with E-state index in [9.17, 15) is 13.2 Å². The zero-order chi connectivity index (χ0) is 10.0. The van der Waals surface area contributed by atoms with Gasteiger partial charge in [-0.25, -0.2) is 0 Å². The Kier molecular flexibility index (Phi) is 2.83. The fourth-order valence-electron chi connectivity index (χ4n) is 0.663. The van der Waals surface area contributed by atoms with Crippen molar-refractivity contribution in [2.75, 3.05) is 0 Å². The highest BCUT2D eigenvalue weighted by atomic mass is 32.2. The Bertz CT molecular complexity index is 548. The number of H-pyrrole nitrogens is 1. The molecule has 0 aliphatic rings. The summed E-state index contributed by atoms with van der Waals surface area (Å²) < 4.78 is 22.4. The summed E-state index contributed by atoms with van der Waals surface area (Å²) in [6, 6.07) is 0. The molecular formula is C5H7N3O3S2. The average Bonchev–Trinajstić information content (AvgIpc) is 2.31. The van der Waals surface area contributed by atoms with E-state index < -0.39 is 10.3 Å². The highest BCUT2D eigenvalue weighted by Gasteiger charge is 1.95. The quantitative estimate of drug-likeness (QED) is 0.586. The van der Waals surface area contributed by atoms with Crippen molar-refractivity contribution in [3.63, 3.8) is 0 Å². The maximum atomic E-state index is 10.6. The summed E-state index contributed by atoms with van der Waals surface area (Å²) in [7, 11) is -0.734. The van der Waals surface area contributed by atoms with Crippen LogP contribution in [0.15, 0.2) is 4.99 Å². The molecule has 1 aromatic heterocycles. The third-order valence-corrected chi connectivity index (χ3v) is 3.01. The van der Waals surface area contributed by atoms with Gasteiger partial charge in [0.2, 0.25) is 25.0 Å². The number of carbonyl (C=O) groups is 1. The van der Waals surface area contributed by atoms with Crippen LogP contribution in [0.5, 0.6) is 0 Å². The third kappa shape index (κ3) is 2.39. The molecule has 0 radical (unpaired) electrons. The molecule has 0 unspecified atom stereocenters. The lowest BCUT2D eigenvalue weighted by Gasteiger charge is -1.85. The van der Waals surface area contributed by atoms with Crippen LogP contribution in [0, 0.1) is 3.95 Å². The monoisotopic (exact) mass is 221 g/mol. The summed E-state index contributed by atoms with van der Waals surface area (Å²) in [5.41, 5.74) is 0. The van der Waals surface area contributed by atoms with Crippen LogP contribution in [0.2, 0.25) is 0 Å². The maximum Gasteiger partial charge on any atom is 0.250 e. The molecule has 1 amide bonds. The number of nitrogens with one attached hydrogen (secondary N) is 1. The Balaban J connectivity index is 3.63. The van der Waals surface area contributed by atoms with E-state index in [-0.39, 0.29) is 9.86 Å². The molecule has 0 aliphatic heterocycles. The molecule has 1 aromatic rings. The van der Waals surface area contributed by atoms with E-state index >= 15 is 0 Å². The van der Waals surface area contributed by atoms with Crippen LogP contribution in [-0.2, 0) is 22.1 Å². The molecule has 0 fully saturated rings. The van der Waals surface area contributed by atoms with Crippen molar-refractivity contribution in [2.24, 2.45) is 12.0 Å². The Morgan fingerprint density at radius 2 is 2.23 bits per heavy atom. The number of aromatic amines is 1. The number of aryl methyl sites for hydroxylation is 1. The van der Waals surface area contributed by atoms with Gasteiger partial charge in [0.05, 0.1) is 0 Å². The lowest BCUT2D eigenvalue weighted by atomic mass is 10.8. The number of rotatable bonds is 0. The van der Waals surface area contributed by atoms with Crippen LogP contribution < -0.4 is 4.80 Å². The van der Waals surface area contributed by atoms with Crippen molar-refractivity contribution < 1.29 is 13.2 Å². The molecule has 0 bridgehead atoms. The van der Waals surface area contributed by atoms with Gasteiger partial charge < -0.3 is 0 Å². The molecule has 0 aliphatic carbocycles. The minimum atomic E-state index is -2.31. The van der Waals surface area contributed by atoms with Gasteiger partial charge in [-0.2, -0.15) is 13.4 Å². The predicted octanol–water partition coefficient (Wildman–Crippen LogP) is -0.727. The van der Waals surface area contributed by atoms with Gasteiger partial charge in [0.15, 0.2) is 0 Å². The summed E-state index contributed by atoms with van der Waals surface area (Å²) in [4.78, 5) is 14.5. The average molecular weight is 221 g/mol. The first-order chi connectivity index (χ1) is 6.00. The van der Waals surface area contributed by atoms with E-state index in [1.54, 1.807) is 7.05 Å². The number of aromatic nitrogens is 2. The summed E-state index contributed by atoms with van der Waals surface area (Å²) >= 11 is 0.903. The lowest BCUT2D eigenvalue weighted by molar-refractivity contribution is -0.116. The van der Waals surface area contributed by atoms with E-state index in [0.717, 1.165) is 11.3 Å². The molecule has 0 spiro atoms. The third-order valence-electron chi connectivity index (χ3n) is 1.13. The van der Waals surface area contributed by atoms with Crippen molar-refractivity contribution in [2.45, 2.75) is 6.92 Å². The van der Waals surface area contributed by atoms with Crippen molar-refractivity contribution in [1.29, 1.82) is 0 Å². The predicted molar refractivity (Wildman–Crippen MR) is 46.0 cm³/mol. The maximum absolute atomic E-state index is 10.6. The van der Waals surface area contributed by atoms with Crippen LogP contribution in [0.1, 0.15) is 6.92 Å². The van der Waals surface area contributed by atoms with Gasteiger partial charge in [-0.3, -0.25) is 14.6 Å². The molecule has 13 heavy (non-hydrogen) atoms. The summed E-state index contributed by atoms with van der Waals surface area (Å²) in [6.07, 6.45) is 0.